The van der Waals surface area contributed by atoms with Gasteiger partial charge in [0, 0.05) is 0 Å². The third-order valence-corrected chi connectivity index (χ3v) is 15.5. The Labute approximate surface area is 203 Å². The van der Waals surface area contributed by atoms with E-state index in [-0.39, 0.29) is 0 Å². The first-order chi connectivity index (χ1) is 16.2. The molecule has 8 bridgehead atoms. The van der Waals surface area contributed by atoms with Crippen LogP contribution >= 0.6 is 0 Å². The zero-order chi connectivity index (χ0) is 21.7. The van der Waals surface area contributed by atoms with E-state index in [0.717, 1.165) is 101 Å². The number of fused-ring (bicyclic) bond motifs is 21. The van der Waals surface area contributed by atoms with Crippen molar-refractivity contribution in [2.45, 2.75) is 78.6 Å². The lowest BCUT2D eigenvalue weighted by atomic mass is 9.52. The van der Waals surface area contributed by atoms with Crippen LogP contribution in [-0.4, -0.2) is 0 Å². The second-order valence-electron chi connectivity index (χ2n) is 15.6. The SMILES string of the molecule is CCCCC1CC2CC1C1C3CC(C21)C(C1C(C)C2CC1C1C4CC(C5CC=CC54)C21)C3C. The highest BCUT2D eigenvalue weighted by Gasteiger charge is 2.73. The summed E-state index contributed by atoms with van der Waals surface area (Å²) in [6.07, 6.45) is 19.5. The van der Waals surface area contributed by atoms with Gasteiger partial charge in [0.05, 0.1) is 0 Å². The van der Waals surface area contributed by atoms with Crippen LogP contribution in [0.15, 0.2) is 12.2 Å². The minimum Gasteiger partial charge on any atom is -0.0879 e. The maximum atomic E-state index is 2.78. The van der Waals surface area contributed by atoms with Crippen molar-refractivity contribution in [2.75, 3.05) is 0 Å². The molecular formula is C33H48. The third-order valence-electron chi connectivity index (χ3n) is 15.5. The first-order valence-electron chi connectivity index (χ1n) is 15.8. The molecule has 180 valence electrons. The third kappa shape index (κ3) is 2.17. The zero-order valence-electron chi connectivity index (χ0n) is 21.5. The summed E-state index contributed by atoms with van der Waals surface area (Å²) in [6, 6.07) is 0. The Bertz CT molecular complexity index is 867. The summed E-state index contributed by atoms with van der Waals surface area (Å²) in [7, 11) is 0. The molecular weight excluding hydrogens is 396 g/mol. The van der Waals surface area contributed by atoms with E-state index in [2.05, 4.69) is 32.9 Å². The van der Waals surface area contributed by atoms with E-state index in [1.807, 2.05) is 0 Å². The van der Waals surface area contributed by atoms with E-state index in [1.54, 1.807) is 38.5 Å². The van der Waals surface area contributed by atoms with Crippen LogP contribution in [0.4, 0.5) is 0 Å². The van der Waals surface area contributed by atoms with Crippen molar-refractivity contribution in [1.82, 2.24) is 0 Å². The van der Waals surface area contributed by atoms with Gasteiger partial charge in [-0.15, -0.1) is 0 Å². The molecule has 0 aromatic rings. The van der Waals surface area contributed by atoms with Crippen LogP contribution in [0.1, 0.15) is 78.6 Å². The molecule has 8 fully saturated rings. The second-order valence-corrected chi connectivity index (χ2v) is 15.6. The van der Waals surface area contributed by atoms with E-state index in [4.69, 9.17) is 0 Å². The Balaban J connectivity index is 1.01. The second kappa shape index (κ2) is 6.54. The van der Waals surface area contributed by atoms with Crippen LogP contribution in [-0.2, 0) is 0 Å². The van der Waals surface area contributed by atoms with Gasteiger partial charge in [0.1, 0.15) is 0 Å². The maximum absolute atomic E-state index is 2.78. The van der Waals surface area contributed by atoms with Gasteiger partial charge in [-0.2, -0.15) is 0 Å². The van der Waals surface area contributed by atoms with Crippen molar-refractivity contribution in [3.8, 4) is 0 Å². The lowest BCUT2D eigenvalue weighted by molar-refractivity contribution is -0.0500. The van der Waals surface area contributed by atoms with Gasteiger partial charge in [-0.25, -0.2) is 0 Å². The predicted molar refractivity (Wildman–Crippen MR) is 134 cm³/mol. The fourth-order valence-corrected chi connectivity index (χ4v) is 15.4. The Morgan fingerprint density at radius 2 is 1.27 bits per heavy atom. The van der Waals surface area contributed by atoms with E-state index >= 15 is 0 Å². The van der Waals surface area contributed by atoms with Crippen molar-refractivity contribution >= 4 is 0 Å². The average molecular weight is 445 g/mol. The summed E-state index contributed by atoms with van der Waals surface area (Å²) in [6.45, 7) is 7.96. The normalized spacial score (nSPS) is 68.9. The number of rotatable bonds is 4. The van der Waals surface area contributed by atoms with Crippen molar-refractivity contribution < 1.29 is 0 Å². The number of hydrogen-bond donors (Lipinski definition) is 0. The van der Waals surface area contributed by atoms with E-state index in [1.165, 1.54) is 31.1 Å². The Hall–Kier alpha value is -0.260. The standard InChI is InChI=1S/C33H48/c1-4-5-7-17-10-18-11-23(17)31-21-12-26(30(18)31)28(15(21)2)29-16(3)22-13-27(29)33-25-14-24(32(22)33)19-8-6-9-20(19)25/h6,9,15-33H,4-5,7-8,10-14H2,1-3H3. The zero-order valence-corrected chi connectivity index (χ0v) is 21.5. The van der Waals surface area contributed by atoms with Crippen molar-refractivity contribution in [3.63, 3.8) is 0 Å². The molecule has 0 aromatic carbocycles. The Morgan fingerprint density at radius 1 is 0.606 bits per heavy atom. The first-order valence-corrected chi connectivity index (χ1v) is 15.8. The highest BCUT2D eigenvalue weighted by atomic mass is 14.8. The van der Waals surface area contributed by atoms with Crippen LogP contribution in [0, 0.1) is 112 Å². The molecule has 8 saturated carbocycles. The van der Waals surface area contributed by atoms with Gasteiger partial charge < -0.3 is 0 Å². The largest absolute Gasteiger partial charge is 0.0879 e. The van der Waals surface area contributed by atoms with Gasteiger partial charge in [0.2, 0.25) is 0 Å². The average Bonchev–Trinajstić information content (AvgIpc) is 3.60. The lowest BCUT2D eigenvalue weighted by Crippen LogP contribution is -2.48. The topological polar surface area (TPSA) is 0 Å². The summed E-state index contributed by atoms with van der Waals surface area (Å²) in [5, 5.41) is 0. The van der Waals surface area contributed by atoms with Crippen LogP contribution in [0.25, 0.3) is 0 Å². The van der Waals surface area contributed by atoms with Crippen LogP contribution in [0.2, 0.25) is 0 Å². The number of allylic oxidation sites excluding steroid dienone is 2. The Morgan fingerprint density at radius 3 is 2.03 bits per heavy atom. The molecule has 0 radical (unpaired) electrons. The molecule has 0 N–H and O–H groups in total. The highest BCUT2D eigenvalue weighted by Crippen LogP contribution is 2.79. The van der Waals surface area contributed by atoms with Crippen molar-refractivity contribution in [1.29, 1.82) is 0 Å². The molecule has 33 heavy (non-hydrogen) atoms. The van der Waals surface area contributed by atoms with Crippen LogP contribution in [0.5, 0.6) is 0 Å². The molecule has 19 atom stereocenters. The van der Waals surface area contributed by atoms with Crippen molar-refractivity contribution in [3.05, 3.63) is 12.2 Å². The molecule has 0 amide bonds. The lowest BCUT2D eigenvalue weighted by Gasteiger charge is -2.52. The van der Waals surface area contributed by atoms with Crippen LogP contribution in [0.3, 0.4) is 0 Å². The number of unbranched alkanes of at least 4 members (excludes halogenated alkanes) is 1. The molecule has 9 aliphatic rings. The fraction of sp³-hybridized carbons (Fsp3) is 0.939. The van der Waals surface area contributed by atoms with E-state index in [9.17, 15) is 0 Å². The van der Waals surface area contributed by atoms with Gasteiger partial charge in [-0.05, 0) is 151 Å². The molecule has 0 aliphatic heterocycles. The quantitative estimate of drug-likeness (QED) is 0.305. The van der Waals surface area contributed by atoms with Gasteiger partial charge in [0.25, 0.3) is 0 Å². The van der Waals surface area contributed by atoms with Gasteiger partial charge in [-0.1, -0.05) is 52.2 Å². The molecule has 9 aliphatic carbocycles. The molecule has 9 rings (SSSR count). The minimum atomic E-state index is 1.01. The molecule has 0 heterocycles. The summed E-state index contributed by atoms with van der Waals surface area (Å²) < 4.78 is 0. The Kier molecular flexibility index (Phi) is 3.94. The first kappa shape index (κ1) is 19.9. The molecule has 0 heteroatoms. The molecule has 0 spiro atoms. The maximum Gasteiger partial charge on any atom is -0.0168 e. The minimum absolute atomic E-state index is 1.01. The smallest absolute Gasteiger partial charge is 0.0168 e. The summed E-state index contributed by atoms with van der Waals surface area (Å²) >= 11 is 0. The molecule has 0 saturated heterocycles. The molecule has 19 unspecified atom stereocenters. The number of hydrogen-bond acceptors (Lipinski definition) is 0. The molecule has 0 aromatic heterocycles. The highest BCUT2D eigenvalue weighted by molar-refractivity contribution is 5.24. The van der Waals surface area contributed by atoms with Gasteiger partial charge in [-0.3, -0.25) is 0 Å². The van der Waals surface area contributed by atoms with E-state index < -0.39 is 0 Å². The summed E-state index contributed by atoms with van der Waals surface area (Å²) in [5.74, 6) is 21.4. The van der Waals surface area contributed by atoms with Crippen LogP contribution < -0.4 is 0 Å². The molecule has 0 nitrogen and oxygen atoms in total. The summed E-state index contributed by atoms with van der Waals surface area (Å²) in [4.78, 5) is 0. The van der Waals surface area contributed by atoms with E-state index in [0.29, 0.717) is 0 Å². The van der Waals surface area contributed by atoms with Gasteiger partial charge >= 0.3 is 0 Å². The fourth-order valence-electron chi connectivity index (χ4n) is 15.4. The summed E-state index contributed by atoms with van der Waals surface area (Å²) in [5.41, 5.74) is 0. The van der Waals surface area contributed by atoms with Crippen molar-refractivity contribution in [2.24, 2.45) is 112 Å². The van der Waals surface area contributed by atoms with Gasteiger partial charge in [0.15, 0.2) is 0 Å². The predicted octanol–water partition coefficient (Wildman–Crippen LogP) is 7.94. The monoisotopic (exact) mass is 444 g/mol.